The van der Waals surface area contributed by atoms with Crippen LogP contribution in [0.5, 0.6) is 0 Å². The predicted octanol–water partition coefficient (Wildman–Crippen LogP) is 0.343. The SMILES string of the molecule is CC(C)=O.CC(O)CO.CCCCCCCCCCCCOS(=O)(=O)[O-].[Na+]. The molecule has 2 N–H and O–H groups in total. The van der Waals surface area contributed by atoms with Crippen molar-refractivity contribution in [2.45, 2.75) is 98.0 Å². The topological polar surface area (TPSA) is 124 Å². The number of carbonyl (C=O) groups is 1. The third kappa shape index (κ3) is 58.4. The summed E-state index contributed by atoms with van der Waals surface area (Å²) in [4.78, 5) is 9.44. The summed E-state index contributed by atoms with van der Waals surface area (Å²) in [6.45, 7) is 6.69. The van der Waals surface area contributed by atoms with E-state index in [1.54, 1.807) is 0 Å². The predicted molar refractivity (Wildman–Crippen MR) is 103 cm³/mol. The summed E-state index contributed by atoms with van der Waals surface area (Å²) in [5, 5.41) is 16.0. The average molecular weight is 423 g/mol. The fraction of sp³-hybridized carbons (Fsp3) is 0.944. The molecular formula is C18H39NaO7S. The van der Waals surface area contributed by atoms with Crippen LogP contribution in [0.4, 0.5) is 0 Å². The van der Waals surface area contributed by atoms with Gasteiger partial charge in [0.25, 0.3) is 0 Å². The van der Waals surface area contributed by atoms with E-state index in [1.807, 2.05) is 0 Å². The van der Waals surface area contributed by atoms with Gasteiger partial charge in [-0.1, -0.05) is 64.7 Å². The van der Waals surface area contributed by atoms with Crippen LogP contribution in [0.2, 0.25) is 0 Å². The van der Waals surface area contributed by atoms with Crippen molar-refractivity contribution in [2.24, 2.45) is 0 Å². The minimum Gasteiger partial charge on any atom is -0.726 e. The normalized spacial score (nSPS) is 11.2. The standard InChI is InChI=1S/C12H26O4S.C3H8O2.C3H6O.Na/c1-2-3-4-5-6-7-8-9-10-11-12-16-17(13,14)15;1-3(5)2-4;1-3(2)4;/h2-12H2,1H3,(H,13,14,15);3-5H,2H2,1H3;1-2H3;/q;;;+1/p-1. The van der Waals surface area contributed by atoms with Crippen molar-refractivity contribution in [3.05, 3.63) is 0 Å². The van der Waals surface area contributed by atoms with E-state index in [0.29, 0.717) is 6.42 Å². The van der Waals surface area contributed by atoms with Gasteiger partial charge in [-0.15, -0.1) is 0 Å². The molecule has 0 fully saturated rings. The van der Waals surface area contributed by atoms with Crippen LogP contribution in [0.3, 0.4) is 0 Å². The fourth-order valence-corrected chi connectivity index (χ4v) is 2.07. The Balaban J connectivity index is -0.000000220. The summed E-state index contributed by atoms with van der Waals surface area (Å²) in [7, 11) is -4.48. The maximum absolute atomic E-state index is 10.1. The number of rotatable bonds is 13. The first-order valence-corrected chi connectivity index (χ1v) is 10.8. The molecule has 27 heavy (non-hydrogen) atoms. The second-order valence-corrected chi connectivity index (χ2v) is 7.40. The molecule has 0 bridgehead atoms. The summed E-state index contributed by atoms with van der Waals surface area (Å²) in [6.07, 6.45) is 11.1. The van der Waals surface area contributed by atoms with Crippen molar-refractivity contribution in [1.29, 1.82) is 0 Å². The van der Waals surface area contributed by atoms with Crippen LogP contribution in [0.25, 0.3) is 0 Å². The molecule has 0 saturated carbocycles. The molecule has 0 rings (SSSR count). The molecule has 0 aromatic rings. The first-order valence-electron chi connectivity index (χ1n) is 9.43. The van der Waals surface area contributed by atoms with Gasteiger partial charge in [0.05, 0.1) is 19.3 Å². The first-order chi connectivity index (χ1) is 12.1. The van der Waals surface area contributed by atoms with Crippen LogP contribution in [0.1, 0.15) is 91.9 Å². The van der Waals surface area contributed by atoms with Crippen molar-refractivity contribution >= 4 is 16.2 Å². The van der Waals surface area contributed by atoms with Gasteiger partial charge in [-0.3, -0.25) is 4.18 Å². The van der Waals surface area contributed by atoms with Crippen molar-refractivity contribution in [1.82, 2.24) is 0 Å². The van der Waals surface area contributed by atoms with Gasteiger partial charge in [0.2, 0.25) is 10.4 Å². The van der Waals surface area contributed by atoms with Crippen molar-refractivity contribution in [2.75, 3.05) is 13.2 Å². The van der Waals surface area contributed by atoms with Gasteiger partial charge in [0.1, 0.15) is 5.78 Å². The molecule has 0 saturated heterocycles. The number of hydrogen-bond acceptors (Lipinski definition) is 7. The Morgan fingerprint density at radius 3 is 1.52 bits per heavy atom. The van der Waals surface area contributed by atoms with Gasteiger partial charge in [0.15, 0.2) is 0 Å². The number of ketones is 1. The Bertz CT molecular complexity index is 383. The van der Waals surface area contributed by atoms with Crippen molar-refractivity contribution < 1.29 is 61.7 Å². The molecule has 0 aromatic heterocycles. The Hall–Kier alpha value is 0.460. The van der Waals surface area contributed by atoms with E-state index in [4.69, 9.17) is 10.2 Å². The molecule has 160 valence electrons. The Labute approximate surface area is 188 Å². The molecule has 0 aliphatic heterocycles. The average Bonchev–Trinajstić information content (AvgIpc) is 2.51. The minimum absolute atomic E-state index is 0. The maximum atomic E-state index is 10.1. The summed E-state index contributed by atoms with van der Waals surface area (Å²) in [6, 6.07) is 0. The molecule has 1 unspecified atom stereocenters. The summed E-state index contributed by atoms with van der Waals surface area (Å²) >= 11 is 0. The van der Waals surface area contributed by atoms with Gasteiger partial charge >= 0.3 is 29.6 Å². The summed E-state index contributed by atoms with van der Waals surface area (Å²) in [5.41, 5.74) is 0. The van der Waals surface area contributed by atoms with Gasteiger partial charge in [-0.05, 0) is 27.2 Å². The fourth-order valence-electron chi connectivity index (χ4n) is 1.75. The van der Waals surface area contributed by atoms with Crippen LogP contribution in [0, 0.1) is 0 Å². The van der Waals surface area contributed by atoms with Crippen molar-refractivity contribution in [3.63, 3.8) is 0 Å². The zero-order valence-electron chi connectivity index (χ0n) is 17.9. The van der Waals surface area contributed by atoms with Crippen molar-refractivity contribution in [3.8, 4) is 0 Å². The molecule has 0 aliphatic rings. The van der Waals surface area contributed by atoms with E-state index in [9.17, 15) is 17.8 Å². The van der Waals surface area contributed by atoms with Gasteiger partial charge in [0, 0.05) is 0 Å². The Morgan fingerprint density at radius 1 is 0.963 bits per heavy atom. The Kier molecular flexibility index (Phi) is 34.2. The molecule has 0 spiro atoms. The minimum atomic E-state index is -4.48. The molecule has 0 aromatic carbocycles. The molecule has 1 atom stereocenters. The number of hydrogen-bond donors (Lipinski definition) is 2. The monoisotopic (exact) mass is 422 g/mol. The first kappa shape index (κ1) is 34.9. The van der Waals surface area contributed by atoms with E-state index in [0.717, 1.165) is 12.8 Å². The van der Waals surface area contributed by atoms with Crippen LogP contribution >= 0.6 is 0 Å². The second-order valence-electron chi connectivity index (χ2n) is 6.35. The van der Waals surface area contributed by atoms with Crippen LogP contribution in [0.15, 0.2) is 0 Å². The molecule has 7 nitrogen and oxygen atoms in total. The van der Waals surface area contributed by atoms with Crippen LogP contribution < -0.4 is 29.6 Å². The molecular weight excluding hydrogens is 383 g/mol. The number of unbranched alkanes of at least 4 members (excludes halogenated alkanes) is 9. The Morgan fingerprint density at radius 2 is 1.26 bits per heavy atom. The molecule has 0 heterocycles. The molecule has 0 aliphatic carbocycles. The number of carbonyl (C=O) groups excluding carboxylic acids is 1. The van der Waals surface area contributed by atoms with Crippen LogP contribution in [-0.4, -0.2) is 48.3 Å². The summed E-state index contributed by atoms with van der Waals surface area (Å²) in [5.74, 6) is 0.167. The third-order valence-electron chi connectivity index (χ3n) is 2.99. The number of aliphatic hydroxyl groups excluding tert-OH is 2. The van der Waals surface area contributed by atoms with E-state index in [-0.39, 0.29) is 48.6 Å². The zero-order valence-corrected chi connectivity index (χ0v) is 20.7. The van der Waals surface area contributed by atoms with E-state index >= 15 is 0 Å². The van der Waals surface area contributed by atoms with Gasteiger partial charge < -0.3 is 19.6 Å². The molecule has 0 radical (unpaired) electrons. The smallest absolute Gasteiger partial charge is 0.726 e. The maximum Gasteiger partial charge on any atom is 1.00 e. The largest absolute Gasteiger partial charge is 1.00 e. The van der Waals surface area contributed by atoms with E-state index in [2.05, 4.69) is 11.1 Å². The van der Waals surface area contributed by atoms with Crippen LogP contribution in [-0.2, 0) is 19.4 Å². The zero-order chi connectivity index (χ0) is 20.8. The molecule has 0 amide bonds. The van der Waals surface area contributed by atoms with E-state index < -0.39 is 16.5 Å². The van der Waals surface area contributed by atoms with Gasteiger partial charge in [-0.2, -0.15) is 0 Å². The quantitative estimate of drug-likeness (QED) is 0.190. The third-order valence-corrected chi connectivity index (χ3v) is 3.45. The summed E-state index contributed by atoms with van der Waals surface area (Å²) < 4.78 is 34.5. The second kappa shape index (κ2) is 26.5. The van der Waals surface area contributed by atoms with Gasteiger partial charge in [-0.25, -0.2) is 8.42 Å². The molecule has 9 heteroatoms. The number of Topliss-reactive ketones (excluding diaryl/α,β-unsaturated/α-hetero) is 1. The number of aliphatic hydroxyl groups is 2. The van der Waals surface area contributed by atoms with E-state index in [1.165, 1.54) is 65.7 Å².